The lowest BCUT2D eigenvalue weighted by Crippen LogP contribution is -1.95. The quantitative estimate of drug-likeness (QED) is 0.651. The molecular formula is C18H15NO2S. The van der Waals surface area contributed by atoms with Crippen LogP contribution < -0.4 is 4.74 Å². The van der Waals surface area contributed by atoms with Crippen LogP contribution in [0.2, 0.25) is 0 Å². The Kier molecular flexibility index (Phi) is 4.30. The summed E-state index contributed by atoms with van der Waals surface area (Å²) in [5, 5.41) is 3.00. The number of benzene rings is 2. The van der Waals surface area contributed by atoms with Gasteiger partial charge in [-0.3, -0.25) is 4.79 Å². The SMILES string of the molecule is Cc1ccc(-c2nc(COc3ccc(C=O)cc3)cs2)cc1. The zero-order valence-electron chi connectivity index (χ0n) is 12.2. The molecule has 0 atom stereocenters. The first-order valence-electron chi connectivity index (χ1n) is 6.94. The maximum Gasteiger partial charge on any atom is 0.150 e. The van der Waals surface area contributed by atoms with Crippen molar-refractivity contribution in [2.45, 2.75) is 13.5 Å². The van der Waals surface area contributed by atoms with Gasteiger partial charge in [0.2, 0.25) is 0 Å². The largest absolute Gasteiger partial charge is 0.487 e. The number of aldehydes is 1. The van der Waals surface area contributed by atoms with Crippen molar-refractivity contribution < 1.29 is 9.53 Å². The molecule has 0 spiro atoms. The van der Waals surface area contributed by atoms with Crippen LogP contribution in [0.15, 0.2) is 53.9 Å². The Morgan fingerprint density at radius 3 is 2.50 bits per heavy atom. The lowest BCUT2D eigenvalue weighted by Gasteiger charge is -2.03. The summed E-state index contributed by atoms with van der Waals surface area (Å²) in [5.74, 6) is 0.732. The minimum Gasteiger partial charge on any atom is -0.487 e. The third-order valence-electron chi connectivity index (χ3n) is 3.25. The van der Waals surface area contributed by atoms with E-state index in [0.717, 1.165) is 28.3 Å². The van der Waals surface area contributed by atoms with Gasteiger partial charge in [-0.1, -0.05) is 29.8 Å². The van der Waals surface area contributed by atoms with Gasteiger partial charge in [-0.15, -0.1) is 11.3 Å². The number of hydrogen-bond donors (Lipinski definition) is 0. The van der Waals surface area contributed by atoms with E-state index >= 15 is 0 Å². The van der Waals surface area contributed by atoms with E-state index in [1.807, 2.05) is 5.38 Å². The smallest absolute Gasteiger partial charge is 0.150 e. The van der Waals surface area contributed by atoms with Crippen LogP contribution in [0.3, 0.4) is 0 Å². The Hall–Kier alpha value is -2.46. The third-order valence-corrected chi connectivity index (χ3v) is 4.19. The lowest BCUT2D eigenvalue weighted by molar-refractivity contribution is 0.112. The van der Waals surface area contributed by atoms with E-state index in [2.05, 4.69) is 36.2 Å². The number of carbonyl (C=O) groups excluding carboxylic acids is 1. The zero-order valence-corrected chi connectivity index (χ0v) is 13.0. The molecule has 0 aliphatic rings. The van der Waals surface area contributed by atoms with E-state index < -0.39 is 0 Å². The minimum atomic E-state index is 0.419. The predicted octanol–water partition coefficient (Wildman–Crippen LogP) is 4.51. The lowest BCUT2D eigenvalue weighted by atomic mass is 10.2. The number of nitrogens with zero attached hydrogens (tertiary/aromatic N) is 1. The molecule has 0 saturated heterocycles. The van der Waals surface area contributed by atoms with Gasteiger partial charge >= 0.3 is 0 Å². The summed E-state index contributed by atoms with van der Waals surface area (Å²) >= 11 is 1.61. The zero-order chi connectivity index (χ0) is 15.4. The normalized spacial score (nSPS) is 10.4. The first kappa shape index (κ1) is 14.5. The van der Waals surface area contributed by atoms with E-state index in [-0.39, 0.29) is 0 Å². The first-order chi connectivity index (χ1) is 10.7. The highest BCUT2D eigenvalue weighted by Crippen LogP contribution is 2.24. The number of thiazole rings is 1. The molecule has 3 nitrogen and oxygen atoms in total. The number of ether oxygens (including phenoxy) is 1. The van der Waals surface area contributed by atoms with Gasteiger partial charge in [-0.25, -0.2) is 4.98 Å². The summed E-state index contributed by atoms with van der Waals surface area (Å²) in [7, 11) is 0. The highest BCUT2D eigenvalue weighted by molar-refractivity contribution is 7.13. The molecule has 0 saturated carbocycles. The molecule has 0 unspecified atom stereocenters. The molecule has 0 aliphatic heterocycles. The van der Waals surface area contributed by atoms with Gasteiger partial charge in [-0.2, -0.15) is 0 Å². The summed E-state index contributed by atoms with van der Waals surface area (Å²) in [6, 6.07) is 15.4. The van der Waals surface area contributed by atoms with Crippen molar-refractivity contribution in [1.29, 1.82) is 0 Å². The van der Waals surface area contributed by atoms with Gasteiger partial charge < -0.3 is 4.74 Å². The van der Waals surface area contributed by atoms with Crippen LogP contribution in [0, 0.1) is 6.92 Å². The number of aryl methyl sites for hydroxylation is 1. The Labute approximate surface area is 133 Å². The Balaban J connectivity index is 1.66. The molecule has 3 aromatic rings. The minimum absolute atomic E-state index is 0.419. The van der Waals surface area contributed by atoms with Gasteiger partial charge in [-0.05, 0) is 31.2 Å². The summed E-state index contributed by atoms with van der Waals surface area (Å²) in [5.41, 5.74) is 3.91. The fourth-order valence-corrected chi connectivity index (χ4v) is 2.81. The maximum absolute atomic E-state index is 10.6. The first-order valence-corrected chi connectivity index (χ1v) is 7.82. The van der Waals surface area contributed by atoms with Crippen LogP contribution >= 0.6 is 11.3 Å². The number of hydrogen-bond acceptors (Lipinski definition) is 4. The van der Waals surface area contributed by atoms with Crippen LogP contribution in [0.1, 0.15) is 21.6 Å². The fourth-order valence-electron chi connectivity index (χ4n) is 2.00. The predicted molar refractivity (Wildman–Crippen MR) is 88.4 cm³/mol. The highest BCUT2D eigenvalue weighted by atomic mass is 32.1. The van der Waals surface area contributed by atoms with E-state index in [9.17, 15) is 4.79 Å². The maximum atomic E-state index is 10.6. The van der Waals surface area contributed by atoms with Crippen molar-refractivity contribution in [2.75, 3.05) is 0 Å². The molecule has 1 heterocycles. The molecule has 0 bridgehead atoms. The van der Waals surface area contributed by atoms with Gasteiger partial charge in [0, 0.05) is 16.5 Å². The second kappa shape index (κ2) is 6.54. The molecule has 22 heavy (non-hydrogen) atoms. The van der Waals surface area contributed by atoms with Gasteiger partial charge in [0.25, 0.3) is 0 Å². The fraction of sp³-hybridized carbons (Fsp3) is 0.111. The monoisotopic (exact) mass is 309 g/mol. The molecule has 1 aromatic heterocycles. The molecule has 0 amide bonds. The average molecular weight is 309 g/mol. The highest BCUT2D eigenvalue weighted by Gasteiger charge is 2.05. The molecule has 4 heteroatoms. The van der Waals surface area contributed by atoms with Crippen LogP contribution in [0.25, 0.3) is 10.6 Å². The van der Waals surface area contributed by atoms with Gasteiger partial charge in [0.15, 0.2) is 0 Å². The van der Waals surface area contributed by atoms with Gasteiger partial charge in [0.05, 0.1) is 5.69 Å². The van der Waals surface area contributed by atoms with E-state index in [1.165, 1.54) is 5.56 Å². The molecule has 3 rings (SSSR count). The number of rotatable bonds is 5. The van der Waals surface area contributed by atoms with E-state index in [0.29, 0.717) is 12.2 Å². The second-order valence-corrected chi connectivity index (χ2v) is 5.84. The summed E-state index contributed by atoms with van der Waals surface area (Å²) in [6.07, 6.45) is 0.818. The summed E-state index contributed by atoms with van der Waals surface area (Å²) in [6.45, 7) is 2.49. The second-order valence-electron chi connectivity index (χ2n) is 4.99. The molecule has 2 aromatic carbocycles. The molecule has 0 fully saturated rings. The van der Waals surface area contributed by atoms with Crippen molar-refractivity contribution in [1.82, 2.24) is 4.98 Å². The standard InChI is InChI=1S/C18H15NO2S/c1-13-2-6-15(7-3-13)18-19-16(12-22-18)11-21-17-8-4-14(10-20)5-9-17/h2-10,12H,11H2,1H3. The summed E-state index contributed by atoms with van der Waals surface area (Å²) < 4.78 is 5.69. The van der Waals surface area contributed by atoms with Crippen LogP contribution in [0.4, 0.5) is 0 Å². The molecule has 0 N–H and O–H groups in total. The third kappa shape index (κ3) is 3.40. The van der Waals surface area contributed by atoms with Gasteiger partial charge in [0.1, 0.15) is 23.7 Å². The molecular weight excluding hydrogens is 294 g/mol. The van der Waals surface area contributed by atoms with Crippen molar-refractivity contribution in [2.24, 2.45) is 0 Å². The molecule has 0 radical (unpaired) electrons. The topological polar surface area (TPSA) is 39.2 Å². The Morgan fingerprint density at radius 1 is 1.09 bits per heavy atom. The van der Waals surface area contributed by atoms with Crippen molar-refractivity contribution >= 4 is 17.6 Å². The van der Waals surface area contributed by atoms with Crippen LogP contribution in [0.5, 0.6) is 5.75 Å². The van der Waals surface area contributed by atoms with Crippen molar-refractivity contribution in [3.8, 4) is 16.3 Å². The van der Waals surface area contributed by atoms with Crippen LogP contribution in [-0.2, 0) is 6.61 Å². The van der Waals surface area contributed by atoms with Crippen LogP contribution in [-0.4, -0.2) is 11.3 Å². The average Bonchev–Trinajstić information content (AvgIpc) is 3.03. The number of aromatic nitrogens is 1. The Bertz CT molecular complexity index is 761. The molecule has 0 aliphatic carbocycles. The van der Waals surface area contributed by atoms with E-state index in [4.69, 9.17) is 4.74 Å². The Morgan fingerprint density at radius 2 is 1.82 bits per heavy atom. The molecule has 110 valence electrons. The van der Waals surface area contributed by atoms with Crippen molar-refractivity contribution in [3.05, 3.63) is 70.7 Å². The number of carbonyl (C=O) groups is 1. The van der Waals surface area contributed by atoms with Crippen molar-refractivity contribution in [3.63, 3.8) is 0 Å². The van der Waals surface area contributed by atoms with E-state index in [1.54, 1.807) is 35.6 Å². The summed E-state index contributed by atoms with van der Waals surface area (Å²) in [4.78, 5) is 15.2.